The number of hydrogen-bond donors (Lipinski definition) is 1. The molecule has 0 amide bonds. The van der Waals surface area contributed by atoms with Crippen molar-refractivity contribution < 1.29 is 4.43 Å². The third-order valence-corrected chi connectivity index (χ3v) is 9.03. The fourth-order valence-corrected chi connectivity index (χ4v) is 7.49. The summed E-state index contributed by atoms with van der Waals surface area (Å²) in [6.45, 7) is 4.56. The molecule has 0 radical (unpaired) electrons. The van der Waals surface area contributed by atoms with E-state index in [4.69, 9.17) is 4.43 Å². The van der Waals surface area contributed by atoms with Crippen LogP contribution in [-0.2, 0) is 4.43 Å². The van der Waals surface area contributed by atoms with Gasteiger partial charge in [-0.25, -0.2) is 0 Å². The Labute approximate surface area is 73.1 Å². The largest absolute Gasteiger partial charge is 0.426 e. The van der Waals surface area contributed by atoms with E-state index in [9.17, 15) is 0 Å². The quantitative estimate of drug-likeness (QED) is 0.500. The molecule has 0 aromatic carbocycles. The van der Waals surface area contributed by atoms with Gasteiger partial charge in [0.2, 0.25) is 0 Å². The van der Waals surface area contributed by atoms with Crippen LogP contribution in [0.3, 0.4) is 0 Å². The molecule has 2 nitrogen and oxygen atoms in total. The van der Waals surface area contributed by atoms with Gasteiger partial charge in [-0.3, -0.25) is 0 Å². The SMILES string of the molecule is CCCCN[SiH]1CCCO[SiH2]1. The van der Waals surface area contributed by atoms with E-state index < -0.39 is 8.48 Å². The smallest absolute Gasteiger partial charge is 0.164 e. The van der Waals surface area contributed by atoms with Crippen LogP contribution in [0.25, 0.3) is 0 Å². The topological polar surface area (TPSA) is 21.3 Å². The molecule has 1 aliphatic rings. The predicted molar refractivity (Wildman–Crippen MR) is 54.0 cm³/mol. The Kier molecular flexibility index (Phi) is 5.09. The number of rotatable bonds is 4. The minimum Gasteiger partial charge on any atom is -0.426 e. The van der Waals surface area contributed by atoms with Gasteiger partial charge in [-0.2, -0.15) is 0 Å². The summed E-state index contributed by atoms with van der Waals surface area (Å²) in [5, 5.41) is 0. The normalized spacial score (nSPS) is 27.5. The third kappa shape index (κ3) is 4.05. The molecule has 0 bridgehead atoms. The molecule has 1 atom stereocenters. The average Bonchev–Trinajstić information content (AvgIpc) is 2.07. The van der Waals surface area contributed by atoms with Crippen LogP contribution in [0.5, 0.6) is 0 Å². The van der Waals surface area contributed by atoms with E-state index in [1.165, 1.54) is 31.9 Å². The molecular weight excluding hydrogens is 170 g/mol. The second-order valence-corrected chi connectivity index (χ2v) is 10.3. The molecular formula is C7H19NOSi2. The van der Waals surface area contributed by atoms with Crippen molar-refractivity contribution in [2.24, 2.45) is 0 Å². The molecule has 0 spiro atoms. The van der Waals surface area contributed by atoms with Crippen LogP contribution in [0.4, 0.5) is 0 Å². The van der Waals surface area contributed by atoms with Gasteiger partial charge in [-0.15, -0.1) is 0 Å². The second-order valence-electron chi connectivity index (χ2n) is 3.22. The minimum absolute atomic E-state index is 0.0777. The third-order valence-electron chi connectivity index (χ3n) is 2.12. The lowest BCUT2D eigenvalue weighted by atomic mass is 10.3. The van der Waals surface area contributed by atoms with Gasteiger partial charge in [0.15, 0.2) is 9.28 Å². The van der Waals surface area contributed by atoms with Crippen molar-refractivity contribution in [1.82, 2.24) is 4.98 Å². The Bertz CT molecular complexity index is 96.4. The standard InChI is InChI=1S/C7H19NOSi2/c1-2-3-5-8-11-7-4-6-9-10-11/h8,11H,2-7,10H2,1H3. The molecule has 0 aromatic rings. The molecule has 1 aliphatic heterocycles. The Morgan fingerprint density at radius 2 is 2.55 bits per heavy atom. The highest BCUT2D eigenvalue weighted by Gasteiger charge is 2.14. The molecule has 1 heterocycles. The van der Waals surface area contributed by atoms with Crippen molar-refractivity contribution in [1.29, 1.82) is 0 Å². The molecule has 0 aromatic heterocycles. The van der Waals surface area contributed by atoms with Crippen LogP contribution in [0.1, 0.15) is 26.2 Å². The van der Waals surface area contributed by atoms with E-state index in [0.717, 1.165) is 6.61 Å². The first-order chi connectivity index (χ1) is 5.43. The molecule has 0 aliphatic carbocycles. The molecule has 11 heavy (non-hydrogen) atoms. The number of nitrogens with one attached hydrogen (secondary N) is 1. The molecule has 4 heteroatoms. The van der Waals surface area contributed by atoms with Crippen molar-refractivity contribution in [3.8, 4) is 0 Å². The number of hydrogen-bond acceptors (Lipinski definition) is 2. The van der Waals surface area contributed by atoms with E-state index in [2.05, 4.69) is 11.9 Å². The zero-order chi connectivity index (χ0) is 7.94. The summed E-state index contributed by atoms with van der Waals surface area (Å²) in [6, 6.07) is 1.50. The fraction of sp³-hybridized carbons (Fsp3) is 1.00. The lowest BCUT2D eigenvalue weighted by Crippen LogP contribution is -2.44. The molecule has 1 rings (SSSR count). The van der Waals surface area contributed by atoms with Crippen molar-refractivity contribution in [3.05, 3.63) is 0 Å². The zero-order valence-electron chi connectivity index (χ0n) is 7.44. The number of unbranched alkanes of at least 4 members (excludes halogenated alkanes) is 1. The van der Waals surface area contributed by atoms with Crippen LogP contribution in [0.2, 0.25) is 6.04 Å². The van der Waals surface area contributed by atoms with Gasteiger partial charge in [0.25, 0.3) is 0 Å². The Morgan fingerprint density at radius 3 is 3.18 bits per heavy atom. The van der Waals surface area contributed by atoms with Crippen LogP contribution in [0, 0.1) is 0 Å². The van der Waals surface area contributed by atoms with Gasteiger partial charge in [0.1, 0.15) is 8.48 Å². The maximum absolute atomic E-state index is 5.55. The van der Waals surface area contributed by atoms with E-state index >= 15 is 0 Å². The molecule has 1 saturated heterocycles. The lowest BCUT2D eigenvalue weighted by Gasteiger charge is -2.20. The van der Waals surface area contributed by atoms with Crippen LogP contribution < -0.4 is 4.98 Å². The van der Waals surface area contributed by atoms with Gasteiger partial charge in [-0.05, 0) is 25.4 Å². The Morgan fingerprint density at radius 1 is 1.64 bits per heavy atom. The molecule has 1 unspecified atom stereocenters. The van der Waals surface area contributed by atoms with Gasteiger partial charge < -0.3 is 9.41 Å². The minimum atomic E-state index is -0.491. The first kappa shape index (κ1) is 9.44. The molecule has 1 fully saturated rings. The van der Waals surface area contributed by atoms with Crippen LogP contribution in [0.15, 0.2) is 0 Å². The van der Waals surface area contributed by atoms with Gasteiger partial charge in [0, 0.05) is 6.61 Å². The summed E-state index contributed by atoms with van der Waals surface area (Å²) in [4.78, 5) is 3.70. The second kappa shape index (κ2) is 5.94. The summed E-state index contributed by atoms with van der Waals surface area (Å²) in [7, 11) is -0.569. The lowest BCUT2D eigenvalue weighted by molar-refractivity contribution is 0.334. The van der Waals surface area contributed by atoms with Crippen LogP contribution >= 0.6 is 0 Å². The Balaban J connectivity index is 1.96. The van der Waals surface area contributed by atoms with E-state index in [1.54, 1.807) is 0 Å². The van der Waals surface area contributed by atoms with Crippen molar-refractivity contribution in [3.63, 3.8) is 0 Å². The highest BCUT2D eigenvalue weighted by atomic mass is 29.2. The summed E-state index contributed by atoms with van der Waals surface area (Å²) >= 11 is 0. The van der Waals surface area contributed by atoms with Gasteiger partial charge in [0.05, 0.1) is 0 Å². The first-order valence-corrected chi connectivity index (χ1v) is 9.98. The van der Waals surface area contributed by atoms with E-state index in [-0.39, 0.29) is 9.28 Å². The highest BCUT2D eigenvalue weighted by Crippen LogP contribution is 2.01. The molecule has 66 valence electrons. The summed E-state index contributed by atoms with van der Waals surface area (Å²) in [5.74, 6) is 0. The predicted octanol–water partition coefficient (Wildman–Crippen LogP) is 0.101. The van der Waals surface area contributed by atoms with Crippen molar-refractivity contribution >= 4 is 17.8 Å². The van der Waals surface area contributed by atoms with Crippen molar-refractivity contribution in [2.45, 2.75) is 32.2 Å². The Hall–Kier alpha value is 0.354. The van der Waals surface area contributed by atoms with Gasteiger partial charge >= 0.3 is 0 Å². The summed E-state index contributed by atoms with van der Waals surface area (Å²) in [6.07, 6.45) is 3.98. The van der Waals surface area contributed by atoms with E-state index in [0.29, 0.717) is 0 Å². The average molecular weight is 189 g/mol. The van der Waals surface area contributed by atoms with E-state index in [1.807, 2.05) is 0 Å². The summed E-state index contributed by atoms with van der Waals surface area (Å²) in [5.41, 5.74) is 0. The van der Waals surface area contributed by atoms with Gasteiger partial charge in [-0.1, -0.05) is 13.3 Å². The zero-order valence-corrected chi connectivity index (χ0v) is 10.0. The highest BCUT2D eigenvalue weighted by molar-refractivity contribution is 7.08. The fourth-order valence-electron chi connectivity index (χ4n) is 1.38. The monoisotopic (exact) mass is 189 g/mol. The van der Waals surface area contributed by atoms with Crippen molar-refractivity contribution in [2.75, 3.05) is 13.2 Å². The maximum atomic E-state index is 5.55. The molecule has 1 N–H and O–H groups in total. The molecule has 0 saturated carbocycles. The maximum Gasteiger partial charge on any atom is 0.164 e. The first-order valence-electron chi connectivity index (χ1n) is 4.74. The summed E-state index contributed by atoms with van der Waals surface area (Å²) < 4.78 is 5.55. The van der Waals surface area contributed by atoms with Crippen LogP contribution in [-0.4, -0.2) is 30.9 Å².